The number of anilines is 1. The number of ether oxygens (including phenoxy) is 2. The number of aromatic nitrogens is 1. The van der Waals surface area contributed by atoms with Crippen LogP contribution in [0.3, 0.4) is 0 Å². The molecule has 7 heteroatoms. The lowest BCUT2D eigenvalue weighted by atomic mass is 10.1. The minimum absolute atomic E-state index is 0.340. The molecule has 0 aliphatic heterocycles. The van der Waals surface area contributed by atoms with Crippen LogP contribution in [0.1, 0.15) is 21.7 Å². The van der Waals surface area contributed by atoms with E-state index in [-0.39, 0.29) is 5.91 Å². The molecule has 0 saturated heterocycles. The summed E-state index contributed by atoms with van der Waals surface area (Å²) in [5, 5.41) is 12.3. The highest BCUT2D eigenvalue weighted by Gasteiger charge is 2.16. The van der Waals surface area contributed by atoms with E-state index in [1.165, 1.54) is 6.20 Å². The number of methoxy groups -OCH3 is 1. The highest BCUT2D eigenvalue weighted by molar-refractivity contribution is 6.06. The maximum absolute atomic E-state index is 12.8. The predicted molar refractivity (Wildman–Crippen MR) is 111 cm³/mol. The Labute approximate surface area is 172 Å². The van der Waals surface area contributed by atoms with Crippen molar-refractivity contribution in [2.75, 3.05) is 12.4 Å². The first-order chi connectivity index (χ1) is 14.6. The molecule has 0 atom stereocenters. The van der Waals surface area contributed by atoms with Crippen molar-refractivity contribution < 1.29 is 18.7 Å². The van der Waals surface area contributed by atoms with Crippen molar-refractivity contribution in [3.63, 3.8) is 0 Å². The fourth-order valence-corrected chi connectivity index (χ4v) is 2.94. The van der Waals surface area contributed by atoms with Crippen LogP contribution in [-0.2, 0) is 0 Å². The molecule has 1 N–H and O–H groups in total. The number of rotatable bonds is 5. The molecular formula is C23H17N3O4. The van der Waals surface area contributed by atoms with E-state index in [0.717, 1.165) is 11.1 Å². The molecule has 0 spiro atoms. The standard InChI is InChI=1S/C23H17N3O4/c1-14-9-19-20(29-14)10-16(23(27)26-22-8-3-15(12-24)13-25-22)11-21(19)30-18-6-4-17(28-2)5-7-18/h3-11,13H,1-2H3,(H,25,26,27). The fraction of sp³-hybridized carbons (Fsp3) is 0.0870. The smallest absolute Gasteiger partial charge is 0.257 e. The first-order valence-electron chi connectivity index (χ1n) is 9.09. The van der Waals surface area contributed by atoms with E-state index < -0.39 is 0 Å². The van der Waals surface area contributed by atoms with Crippen molar-refractivity contribution in [2.45, 2.75) is 6.92 Å². The van der Waals surface area contributed by atoms with E-state index in [2.05, 4.69) is 10.3 Å². The molecule has 2 heterocycles. The number of nitriles is 1. The Morgan fingerprint density at radius 1 is 1.10 bits per heavy atom. The molecule has 148 valence electrons. The third-order valence-electron chi connectivity index (χ3n) is 4.41. The average Bonchev–Trinajstić information content (AvgIpc) is 3.15. The van der Waals surface area contributed by atoms with Crippen LogP contribution >= 0.6 is 0 Å². The summed E-state index contributed by atoms with van der Waals surface area (Å²) in [4.78, 5) is 16.8. The highest BCUT2D eigenvalue weighted by Crippen LogP contribution is 2.34. The van der Waals surface area contributed by atoms with E-state index in [4.69, 9.17) is 19.2 Å². The average molecular weight is 399 g/mol. The maximum Gasteiger partial charge on any atom is 0.257 e. The quantitative estimate of drug-likeness (QED) is 0.504. The summed E-state index contributed by atoms with van der Waals surface area (Å²) >= 11 is 0. The summed E-state index contributed by atoms with van der Waals surface area (Å²) in [6, 6.07) is 17.5. The fourth-order valence-electron chi connectivity index (χ4n) is 2.94. The summed E-state index contributed by atoms with van der Waals surface area (Å²) in [6.07, 6.45) is 1.40. The van der Waals surface area contributed by atoms with Crippen molar-refractivity contribution in [3.8, 4) is 23.3 Å². The Bertz CT molecular complexity index is 1250. The van der Waals surface area contributed by atoms with E-state index >= 15 is 0 Å². The lowest BCUT2D eigenvalue weighted by Gasteiger charge is -2.10. The number of pyridine rings is 1. The number of nitrogens with zero attached hydrogens (tertiary/aromatic N) is 2. The number of furan rings is 1. The van der Waals surface area contributed by atoms with Crippen LogP contribution < -0.4 is 14.8 Å². The Balaban J connectivity index is 1.66. The second-order valence-electron chi connectivity index (χ2n) is 6.52. The van der Waals surface area contributed by atoms with Gasteiger partial charge in [-0.1, -0.05) is 0 Å². The number of benzene rings is 2. The molecule has 0 radical (unpaired) electrons. The van der Waals surface area contributed by atoms with Crippen LogP contribution in [0.25, 0.3) is 11.0 Å². The summed E-state index contributed by atoms with van der Waals surface area (Å²) in [5.74, 6) is 2.48. The molecule has 0 saturated carbocycles. The first kappa shape index (κ1) is 19.0. The SMILES string of the molecule is COc1ccc(Oc2cc(C(=O)Nc3ccc(C#N)cn3)cc3oc(C)cc23)cc1. The number of aryl methyl sites for hydroxylation is 1. The zero-order valence-corrected chi connectivity index (χ0v) is 16.3. The molecule has 2 aromatic heterocycles. The van der Waals surface area contributed by atoms with Gasteiger partial charge in [-0.15, -0.1) is 0 Å². The lowest BCUT2D eigenvalue weighted by molar-refractivity contribution is 0.102. The zero-order chi connectivity index (χ0) is 21.1. The van der Waals surface area contributed by atoms with Gasteiger partial charge in [0.05, 0.1) is 18.1 Å². The molecule has 0 fully saturated rings. The summed E-state index contributed by atoms with van der Waals surface area (Å²) in [5.41, 5.74) is 1.30. The van der Waals surface area contributed by atoms with Crippen LogP contribution in [-0.4, -0.2) is 18.0 Å². The second kappa shape index (κ2) is 7.97. The molecule has 2 aromatic carbocycles. The Morgan fingerprint density at radius 3 is 2.53 bits per heavy atom. The number of carbonyl (C=O) groups excluding carboxylic acids is 1. The third-order valence-corrected chi connectivity index (χ3v) is 4.41. The molecule has 0 bridgehead atoms. The van der Waals surface area contributed by atoms with Crippen molar-refractivity contribution in [1.82, 2.24) is 4.98 Å². The second-order valence-corrected chi connectivity index (χ2v) is 6.52. The van der Waals surface area contributed by atoms with E-state index in [9.17, 15) is 4.79 Å². The molecular weight excluding hydrogens is 382 g/mol. The molecule has 1 amide bonds. The van der Waals surface area contributed by atoms with Gasteiger partial charge >= 0.3 is 0 Å². The Kier molecular flexibility index (Phi) is 5.06. The molecule has 4 aromatic rings. The number of carbonyl (C=O) groups is 1. The minimum Gasteiger partial charge on any atom is -0.497 e. The van der Waals surface area contributed by atoms with Crippen LogP contribution in [0.15, 0.2) is 65.2 Å². The van der Waals surface area contributed by atoms with Gasteiger partial charge in [-0.25, -0.2) is 4.98 Å². The Hall–Kier alpha value is -4.31. The molecule has 4 rings (SSSR count). The summed E-state index contributed by atoms with van der Waals surface area (Å²) < 4.78 is 16.9. The molecule has 0 aliphatic carbocycles. The topological polar surface area (TPSA) is 97.4 Å². The first-order valence-corrected chi connectivity index (χ1v) is 9.09. The molecule has 0 aliphatic rings. The summed E-state index contributed by atoms with van der Waals surface area (Å²) in [6.45, 7) is 1.83. The molecule has 7 nitrogen and oxygen atoms in total. The van der Waals surface area contributed by atoms with Crippen molar-refractivity contribution in [3.05, 3.63) is 77.7 Å². The third kappa shape index (κ3) is 3.93. The van der Waals surface area contributed by atoms with Gasteiger partial charge in [-0.3, -0.25) is 4.79 Å². The number of nitrogens with one attached hydrogen (secondary N) is 1. The van der Waals surface area contributed by atoms with Crippen LogP contribution in [0.5, 0.6) is 17.2 Å². The monoisotopic (exact) mass is 399 g/mol. The minimum atomic E-state index is -0.372. The predicted octanol–water partition coefficient (Wildman–Crippen LogP) is 5.06. The number of hydrogen-bond donors (Lipinski definition) is 1. The van der Waals surface area contributed by atoms with Gasteiger partial charge in [0.1, 0.15) is 40.5 Å². The summed E-state index contributed by atoms with van der Waals surface area (Å²) in [7, 11) is 1.60. The normalized spacial score (nSPS) is 10.4. The number of fused-ring (bicyclic) bond motifs is 1. The van der Waals surface area contributed by atoms with Crippen molar-refractivity contribution >= 4 is 22.7 Å². The van der Waals surface area contributed by atoms with E-state index in [0.29, 0.717) is 39.8 Å². The van der Waals surface area contributed by atoms with Gasteiger partial charge in [-0.05, 0) is 61.5 Å². The van der Waals surface area contributed by atoms with Gasteiger partial charge in [-0.2, -0.15) is 5.26 Å². The highest BCUT2D eigenvalue weighted by atomic mass is 16.5. The van der Waals surface area contributed by atoms with Gasteiger partial charge in [0.2, 0.25) is 0 Å². The number of hydrogen-bond acceptors (Lipinski definition) is 6. The van der Waals surface area contributed by atoms with Crippen LogP contribution in [0.4, 0.5) is 5.82 Å². The van der Waals surface area contributed by atoms with Crippen molar-refractivity contribution in [2.24, 2.45) is 0 Å². The van der Waals surface area contributed by atoms with Gasteiger partial charge in [0.25, 0.3) is 5.91 Å². The molecule has 0 unspecified atom stereocenters. The lowest BCUT2D eigenvalue weighted by Crippen LogP contribution is -2.13. The maximum atomic E-state index is 12.8. The van der Waals surface area contributed by atoms with Crippen LogP contribution in [0.2, 0.25) is 0 Å². The molecule has 30 heavy (non-hydrogen) atoms. The van der Waals surface area contributed by atoms with Gasteiger partial charge in [0.15, 0.2) is 0 Å². The van der Waals surface area contributed by atoms with Gasteiger partial charge < -0.3 is 19.2 Å². The zero-order valence-electron chi connectivity index (χ0n) is 16.3. The van der Waals surface area contributed by atoms with Crippen LogP contribution in [0, 0.1) is 18.3 Å². The number of amides is 1. The van der Waals surface area contributed by atoms with Gasteiger partial charge in [0, 0.05) is 11.8 Å². The largest absolute Gasteiger partial charge is 0.497 e. The van der Waals surface area contributed by atoms with Crippen molar-refractivity contribution in [1.29, 1.82) is 5.26 Å². The van der Waals surface area contributed by atoms with E-state index in [1.54, 1.807) is 55.6 Å². The Morgan fingerprint density at radius 2 is 1.87 bits per heavy atom. The van der Waals surface area contributed by atoms with E-state index in [1.807, 2.05) is 19.1 Å².